The van der Waals surface area contributed by atoms with E-state index in [-0.39, 0.29) is 0 Å². The topological polar surface area (TPSA) is 24.9 Å². The number of ether oxygens (including phenoxy) is 2. The van der Waals surface area contributed by atoms with Gasteiger partial charge in [0.15, 0.2) is 13.5 Å². The molecule has 0 atom stereocenters. The zero-order valence-electron chi connectivity index (χ0n) is 18.5. The van der Waals surface area contributed by atoms with E-state index in [1.54, 1.807) is 0 Å². The summed E-state index contributed by atoms with van der Waals surface area (Å²) >= 11 is 8.79. The summed E-state index contributed by atoms with van der Waals surface area (Å²) in [5.41, 5.74) is 6.97. The van der Waals surface area contributed by atoms with Gasteiger partial charge in [-0.2, -0.15) is 0 Å². The van der Waals surface area contributed by atoms with E-state index in [0.29, 0.717) is 13.5 Å². The lowest BCUT2D eigenvalue weighted by Gasteiger charge is -2.32. The lowest BCUT2D eigenvalue weighted by atomic mass is 9.98. The van der Waals surface area contributed by atoms with Crippen LogP contribution in [0.1, 0.15) is 11.1 Å². The minimum absolute atomic E-state index is 0.540. The number of benzene rings is 4. The number of anilines is 2. The van der Waals surface area contributed by atoms with Gasteiger partial charge in [-0.3, -0.25) is 0 Å². The van der Waals surface area contributed by atoms with Gasteiger partial charge in [-0.25, -0.2) is 0 Å². The molecule has 0 aromatic heterocycles. The Morgan fingerprint density at radius 1 is 0.529 bits per heavy atom. The number of nitrogens with zero attached hydrogens (tertiary/aromatic N) is 2. The highest BCUT2D eigenvalue weighted by Crippen LogP contribution is 2.36. The minimum atomic E-state index is 0.540. The second-order valence-corrected chi connectivity index (χ2v) is 9.65. The third-order valence-corrected chi connectivity index (χ3v) is 6.95. The van der Waals surface area contributed by atoms with E-state index in [1.807, 2.05) is 24.3 Å². The molecule has 4 aromatic rings. The van der Waals surface area contributed by atoms with Gasteiger partial charge in [0, 0.05) is 45.4 Å². The first-order chi connectivity index (χ1) is 16.6. The van der Waals surface area contributed by atoms with Gasteiger partial charge >= 0.3 is 0 Å². The predicted octanol–water partition coefficient (Wildman–Crippen LogP) is 6.64. The summed E-state index contributed by atoms with van der Waals surface area (Å²) < 4.78 is 12.1. The van der Waals surface area contributed by atoms with Crippen LogP contribution in [0, 0.1) is 0 Å². The van der Waals surface area contributed by atoms with Crippen molar-refractivity contribution in [2.75, 3.05) is 23.3 Å². The van der Waals surface area contributed by atoms with Crippen LogP contribution in [-0.2, 0) is 13.1 Å². The normalized spacial score (nSPS) is 14.6. The summed E-state index contributed by atoms with van der Waals surface area (Å²) in [7, 11) is 0. The molecule has 4 aromatic carbocycles. The SMILES string of the molecule is Sc1ccc(N2COc3ccc(-c4ccc5c(c4)CN(c4ccc(S)cc4)CO5)cc3C2)cc1. The van der Waals surface area contributed by atoms with Crippen molar-refractivity contribution in [1.29, 1.82) is 0 Å². The molecule has 0 fully saturated rings. The van der Waals surface area contributed by atoms with Crippen LogP contribution in [0.2, 0.25) is 0 Å². The molecule has 0 spiro atoms. The Morgan fingerprint density at radius 2 is 0.941 bits per heavy atom. The first kappa shape index (κ1) is 21.3. The van der Waals surface area contributed by atoms with Gasteiger partial charge < -0.3 is 19.3 Å². The van der Waals surface area contributed by atoms with Crippen LogP contribution in [0.5, 0.6) is 11.5 Å². The second kappa shape index (κ2) is 8.85. The summed E-state index contributed by atoms with van der Waals surface area (Å²) in [4.78, 5) is 6.37. The first-order valence-electron chi connectivity index (χ1n) is 11.2. The second-order valence-electron chi connectivity index (χ2n) is 8.62. The number of fused-ring (bicyclic) bond motifs is 2. The number of hydrogen-bond acceptors (Lipinski definition) is 6. The number of hydrogen-bond donors (Lipinski definition) is 2. The van der Waals surface area contributed by atoms with Crippen LogP contribution in [-0.4, -0.2) is 13.5 Å². The van der Waals surface area contributed by atoms with Gasteiger partial charge in [0.1, 0.15) is 11.5 Å². The highest BCUT2D eigenvalue weighted by molar-refractivity contribution is 7.80. The van der Waals surface area contributed by atoms with Crippen molar-refractivity contribution < 1.29 is 9.47 Å². The third-order valence-electron chi connectivity index (χ3n) is 6.36. The van der Waals surface area contributed by atoms with Gasteiger partial charge in [-0.15, -0.1) is 25.3 Å². The molecule has 0 radical (unpaired) electrons. The smallest absolute Gasteiger partial charge is 0.161 e. The first-order valence-corrected chi connectivity index (χ1v) is 12.1. The lowest BCUT2D eigenvalue weighted by Crippen LogP contribution is -2.32. The molecular weight excluding hydrogens is 460 g/mol. The van der Waals surface area contributed by atoms with Gasteiger partial charge in [0.25, 0.3) is 0 Å². The van der Waals surface area contributed by atoms with E-state index in [4.69, 9.17) is 9.47 Å². The summed E-state index contributed by atoms with van der Waals surface area (Å²) in [6, 6.07) is 29.3. The van der Waals surface area contributed by atoms with Crippen molar-refractivity contribution >= 4 is 36.6 Å². The zero-order valence-corrected chi connectivity index (χ0v) is 20.3. The molecule has 0 unspecified atom stereocenters. The molecule has 0 saturated heterocycles. The van der Waals surface area contributed by atoms with Gasteiger partial charge in [-0.1, -0.05) is 12.1 Å². The summed E-state index contributed by atoms with van der Waals surface area (Å²) in [5.74, 6) is 1.90. The van der Waals surface area contributed by atoms with E-state index in [2.05, 4.69) is 95.7 Å². The van der Waals surface area contributed by atoms with Gasteiger partial charge in [-0.05, 0) is 83.9 Å². The summed E-state index contributed by atoms with van der Waals surface area (Å²) in [5, 5.41) is 0. The van der Waals surface area contributed by atoms with E-state index < -0.39 is 0 Å². The molecule has 4 nitrogen and oxygen atoms in total. The van der Waals surface area contributed by atoms with Crippen molar-refractivity contribution in [2.24, 2.45) is 0 Å². The average molecular weight is 485 g/mol. The van der Waals surface area contributed by atoms with Crippen molar-refractivity contribution in [3.8, 4) is 22.6 Å². The Balaban J connectivity index is 1.26. The van der Waals surface area contributed by atoms with Crippen LogP contribution in [0.25, 0.3) is 11.1 Å². The highest BCUT2D eigenvalue weighted by atomic mass is 32.1. The minimum Gasteiger partial charge on any atom is -0.473 e. The standard InChI is InChI=1S/C28H24N2O2S2/c33-25-7-3-23(4-8-25)29-15-21-13-19(1-11-27(21)31-17-29)20-2-12-28-22(14-20)16-30(18-32-28)24-5-9-26(34)10-6-24/h1-14,33-34H,15-18H2. The Morgan fingerprint density at radius 3 is 1.35 bits per heavy atom. The fourth-order valence-electron chi connectivity index (χ4n) is 4.50. The number of thiol groups is 2. The van der Waals surface area contributed by atoms with Crippen LogP contribution < -0.4 is 19.3 Å². The monoisotopic (exact) mass is 484 g/mol. The maximum atomic E-state index is 6.05. The Kier molecular flexibility index (Phi) is 5.55. The van der Waals surface area contributed by atoms with Crippen molar-refractivity contribution in [3.63, 3.8) is 0 Å². The van der Waals surface area contributed by atoms with E-state index in [1.165, 1.54) is 22.3 Å². The quantitative estimate of drug-likeness (QED) is 0.318. The molecule has 6 rings (SSSR count). The molecule has 0 saturated carbocycles. The largest absolute Gasteiger partial charge is 0.473 e. The molecule has 2 heterocycles. The van der Waals surface area contributed by atoms with Crippen LogP contribution >= 0.6 is 25.3 Å². The van der Waals surface area contributed by atoms with Crippen molar-refractivity contribution in [2.45, 2.75) is 22.9 Å². The number of rotatable bonds is 3. The Labute approximate surface area is 210 Å². The molecule has 0 amide bonds. The van der Waals surface area contributed by atoms with E-state index >= 15 is 0 Å². The molecule has 0 aliphatic carbocycles. The summed E-state index contributed by atoms with van der Waals surface area (Å²) in [6.45, 7) is 2.69. The molecule has 6 heteroatoms. The maximum Gasteiger partial charge on any atom is 0.161 e. The molecular formula is C28H24N2O2S2. The van der Waals surface area contributed by atoms with Crippen molar-refractivity contribution in [3.05, 3.63) is 96.1 Å². The fraction of sp³-hybridized carbons (Fsp3) is 0.143. The lowest BCUT2D eigenvalue weighted by molar-refractivity contribution is 0.289. The fourth-order valence-corrected chi connectivity index (χ4v) is 4.80. The Bertz CT molecular complexity index is 1230. The van der Waals surface area contributed by atoms with Crippen LogP contribution in [0.3, 0.4) is 0 Å². The highest BCUT2D eigenvalue weighted by Gasteiger charge is 2.21. The predicted molar refractivity (Wildman–Crippen MR) is 143 cm³/mol. The Hall–Kier alpha value is -3.22. The molecule has 0 bridgehead atoms. The molecule has 0 N–H and O–H groups in total. The van der Waals surface area contributed by atoms with Crippen LogP contribution in [0.4, 0.5) is 11.4 Å². The van der Waals surface area contributed by atoms with Crippen molar-refractivity contribution in [1.82, 2.24) is 0 Å². The average Bonchev–Trinajstić information content (AvgIpc) is 2.88. The maximum absolute atomic E-state index is 6.05. The zero-order chi connectivity index (χ0) is 23.1. The van der Waals surface area contributed by atoms with E-state index in [9.17, 15) is 0 Å². The summed E-state index contributed by atoms with van der Waals surface area (Å²) in [6.07, 6.45) is 0. The van der Waals surface area contributed by atoms with Gasteiger partial charge in [0.05, 0.1) is 0 Å². The van der Waals surface area contributed by atoms with E-state index in [0.717, 1.165) is 45.8 Å². The molecule has 2 aliphatic rings. The molecule has 34 heavy (non-hydrogen) atoms. The third kappa shape index (κ3) is 4.19. The van der Waals surface area contributed by atoms with Crippen LogP contribution in [0.15, 0.2) is 94.7 Å². The molecule has 2 aliphatic heterocycles. The molecule has 170 valence electrons. The van der Waals surface area contributed by atoms with Gasteiger partial charge in [0.2, 0.25) is 0 Å².